The molecule has 0 spiro atoms. The van der Waals surface area contributed by atoms with Crippen LogP contribution in [0.15, 0.2) is 59.5 Å². The van der Waals surface area contributed by atoms with Gasteiger partial charge in [-0.1, -0.05) is 24.3 Å². The Labute approximate surface area is 167 Å². The summed E-state index contributed by atoms with van der Waals surface area (Å²) in [5.74, 6) is -0.301. The van der Waals surface area contributed by atoms with Crippen LogP contribution in [0.4, 0.5) is 5.69 Å². The standard InChI is InChI=1S/C20H18N2O6S/c1-2-27-19(24)13-28-16-10-14-8-9-15(12-23)21-20(14)18(11-16)22-29(25,26)17-6-4-3-5-7-17/h3-12,22H,2,13H2,1H3. The monoisotopic (exact) mass is 414 g/mol. The summed E-state index contributed by atoms with van der Waals surface area (Å²) >= 11 is 0. The number of rotatable bonds is 8. The summed E-state index contributed by atoms with van der Waals surface area (Å²) in [4.78, 5) is 26.9. The molecule has 0 amide bonds. The fourth-order valence-corrected chi connectivity index (χ4v) is 3.68. The summed E-state index contributed by atoms with van der Waals surface area (Å²) in [6, 6.07) is 13.9. The fourth-order valence-electron chi connectivity index (χ4n) is 2.60. The van der Waals surface area contributed by atoms with Crippen molar-refractivity contribution in [2.24, 2.45) is 0 Å². The molecule has 0 aliphatic heterocycles. The van der Waals surface area contributed by atoms with Crippen LogP contribution in [-0.4, -0.2) is 38.9 Å². The quantitative estimate of drug-likeness (QED) is 0.445. The van der Waals surface area contributed by atoms with Gasteiger partial charge in [0.05, 0.1) is 22.7 Å². The van der Waals surface area contributed by atoms with Crippen LogP contribution in [0.25, 0.3) is 10.9 Å². The van der Waals surface area contributed by atoms with Crippen LogP contribution in [0.5, 0.6) is 5.75 Å². The molecular weight excluding hydrogens is 396 g/mol. The molecule has 2 aromatic carbocycles. The third-order valence-electron chi connectivity index (χ3n) is 3.87. The molecule has 29 heavy (non-hydrogen) atoms. The Hall–Kier alpha value is -3.46. The van der Waals surface area contributed by atoms with Crippen molar-refractivity contribution in [2.75, 3.05) is 17.9 Å². The van der Waals surface area contributed by atoms with Crippen molar-refractivity contribution < 1.29 is 27.5 Å². The summed E-state index contributed by atoms with van der Waals surface area (Å²) in [5, 5.41) is 0.530. The molecule has 150 valence electrons. The van der Waals surface area contributed by atoms with Crippen LogP contribution in [-0.2, 0) is 19.6 Å². The highest BCUT2D eigenvalue weighted by Crippen LogP contribution is 2.30. The van der Waals surface area contributed by atoms with Gasteiger partial charge in [0.25, 0.3) is 10.0 Å². The summed E-state index contributed by atoms with van der Waals surface area (Å²) in [6.07, 6.45) is 0.570. The number of esters is 1. The minimum Gasteiger partial charge on any atom is -0.482 e. The molecule has 0 bridgehead atoms. The third kappa shape index (κ3) is 4.88. The third-order valence-corrected chi connectivity index (χ3v) is 5.25. The first-order valence-corrected chi connectivity index (χ1v) is 10.2. The fraction of sp³-hybridized carbons (Fsp3) is 0.150. The lowest BCUT2D eigenvalue weighted by molar-refractivity contribution is -0.145. The highest BCUT2D eigenvalue weighted by atomic mass is 32.2. The normalized spacial score (nSPS) is 11.1. The lowest BCUT2D eigenvalue weighted by Gasteiger charge is -2.13. The molecule has 1 aromatic heterocycles. The molecule has 0 saturated heterocycles. The van der Waals surface area contributed by atoms with E-state index in [0.717, 1.165) is 0 Å². The zero-order valence-corrected chi connectivity index (χ0v) is 16.3. The maximum atomic E-state index is 12.7. The number of fused-ring (bicyclic) bond motifs is 1. The van der Waals surface area contributed by atoms with Crippen LogP contribution < -0.4 is 9.46 Å². The van der Waals surface area contributed by atoms with E-state index in [0.29, 0.717) is 11.7 Å². The van der Waals surface area contributed by atoms with Crippen molar-refractivity contribution in [3.63, 3.8) is 0 Å². The van der Waals surface area contributed by atoms with Gasteiger partial charge in [0.2, 0.25) is 0 Å². The molecule has 0 unspecified atom stereocenters. The number of nitrogens with one attached hydrogen (secondary N) is 1. The Balaban J connectivity index is 2.02. The van der Waals surface area contributed by atoms with Crippen molar-refractivity contribution in [2.45, 2.75) is 11.8 Å². The smallest absolute Gasteiger partial charge is 0.344 e. The Morgan fingerprint density at radius 2 is 1.90 bits per heavy atom. The van der Waals surface area contributed by atoms with Crippen molar-refractivity contribution in [3.05, 3.63) is 60.3 Å². The molecule has 0 fully saturated rings. The number of hydrogen-bond acceptors (Lipinski definition) is 7. The number of nitrogens with zero attached hydrogens (tertiary/aromatic N) is 1. The Morgan fingerprint density at radius 1 is 1.14 bits per heavy atom. The van der Waals surface area contributed by atoms with Gasteiger partial charge in [0.15, 0.2) is 12.9 Å². The molecule has 8 nitrogen and oxygen atoms in total. The van der Waals surface area contributed by atoms with Crippen LogP contribution >= 0.6 is 0 Å². The predicted molar refractivity (Wildman–Crippen MR) is 107 cm³/mol. The van der Waals surface area contributed by atoms with Gasteiger partial charge in [0, 0.05) is 11.5 Å². The number of benzene rings is 2. The zero-order chi connectivity index (χ0) is 20.9. The van der Waals surface area contributed by atoms with E-state index < -0.39 is 16.0 Å². The predicted octanol–water partition coefficient (Wildman–Crippen LogP) is 2.79. The summed E-state index contributed by atoms with van der Waals surface area (Å²) in [7, 11) is -3.91. The van der Waals surface area contributed by atoms with Gasteiger partial charge in [-0.15, -0.1) is 0 Å². The minimum absolute atomic E-state index is 0.0672. The molecule has 3 rings (SSSR count). The number of anilines is 1. The number of hydrogen-bond donors (Lipinski definition) is 1. The molecule has 0 aliphatic rings. The highest BCUT2D eigenvalue weighted by molar-refractivity contribution is 7.92. The van der Waals surface area contributed by atoms with Crippen molar-refractivity contribution in [1.82, 2.24) is 4.98 Å². The van der Waals surface area contributed by atoms with Crippen LogP contribution in [0.1, 0.15) is 17.4 Å². The van der Waals surface area contributed by atoms with Crippen LogP contribution in [0.2, 0.25) is 0 Å². The van der Waals surface area contributed by atoms with E-state index in [1.807, 2.05) is 0 Å². The first-order chi connectivity index (χ1) is 13.9. The van der Waals surface area contributed by atoms with Crippen molar-refractivity contribution >= 4 is 38.9 Å². The van der Waals surface area contributed by atoms with E-state index in [1.54, 1.807) is 37.3 Å². The van der Waals surface area contributed by atoms with E-state index in [1.165, 1.54) is 24.3 Å². The van der Waals surface area contributed by atoms with E-state index in [2.05, 4.69) is 9.71 Å². The first-order valence-electron chi connectivity index (χ1n) is 8.69. The number of carbonyl (C=O) groups excluding carboxylic acids is 2. The summed E-state index contributed by atoms with van der Waals surface area (Å²) in [6.45, 7) is 1.57. The van der Waals surface area contributed by atoms with Gasteiger partial charge in [0.1, 0.15) is 11.4 Å². The van der Waals surface area contributed by atoms with Crippen LogP contribution in [0.3, 0.4) is 0 Å². The molecule has 0 saturated carbocycles. The number of carbonyl (C=O) groups is 2. The largest absolute Gasteiger partial charge is 0.482 e. The van der Waals surface area contributed by atoms with Gasteiger partial charge < -0.3 is 9.47 Å². The molecule has 0 aliphatic carbocycles. The molecule has 0 radical (unpaired) electrons. The van der Waals surface area contributed by atoms with E-state index >= 15 is 0 Å². The Morgan fingerprint density at radius 3 is 2.59 bits per heavy atom. The Kier molecular flexibility index (Phi) is 6.08. The second-order valence-corrected chi connectivity index (χ2v) is 7.59. The number of pyridine rings is 1. The topological polar surface area (TPSA) is 112 Å². The average molecular weight is 414 g/mol. The number of aromatic nitrogens is 1. The summed E-state index contributed by atoms with van der Waals surface area (Å²) in [5.41, 5.74) is 0.546. The zero-order valence-electron chi connectivity index (χ0n) is 15.5. The van der Waals surface area contributed by atoms with Crippen LogP contribution in [0, 0.1) is 0 Å². The van der Waals surface area contributed by atoms with Gasteiger partial charge in [-0.05, 0) is 31.2 Å². The number of sulfonamides is 1. The second kappa shape index (κ2) is 8.70. The summed E-state index contributed by atoms with van der Waals surface area (Å²) < 4.78 is 38.2. The molecule has 1 heterocycles. The second-order valence-electron chi connectivity index (χ2n) is 5.91. The molecule has 0 atom stereocenters. The Bertz CT molecular complexity index is 1150. The average Bonchev–Trinajstić information content (AvgIpc) is 2.72. The van der Waals surface area contributed by atoms with Crippen molar-refractivity contribution in [3.8, 4) is 5.75 Å². The van der Waals surface area contributed by atoms with Crippen molar-refractivity contribution in [1.29, 1.82) is 0 Å². The first kappa shape index (κ1) is 20.3. The molecule has 9 heteroatoms. The maximum absolute atomic E-state index is 12.7. The number of aldehydes is 1. The highest BCUT2D eigenvalue weighted by Gasteiger charge is 2.17. The SMILES string of the molecule is CCOC(=O)COc1cc(NS(=O)(=O)c2ccccc2)c2nc(C=O)ccc2c1. The van der Waals surface area contributed by atoms with E-state index in [4.69, 9.17) is 9.47 Å². The minimum atomic E-state index is -3.91. The lowest BCUT2D eigenvalue weighted by atomic mass is 10.1. The van der Waals surface area contributed by atoms with E-state index in [9.17, 15) is 18.0 Å². The van der Waals surface area contributed by atoms with Gasteiger partial charge >= 0.3 is 5.97 Å². The van der Waals surface area contributed by atoms with Gasteiger partial charge in [-0.25, -0.2) is 18.2 Å². The molecule has 3 aromatic rings. The lowest BCUT2D eigenvalue weighted by Crippen LogP contribution is -2.16. The van der Waals surface area contributed by atoms with Gasteiger partial charge in [-0.2, -0.15) is 0 Å². The molecule has 1 N–H and O–H groups in total. The van der Waals surface area contributed by atoms with Gasteiger partial charge in [-0.3, -0.25) is 9.52 Å². The maximum Gasteiger partial charge on any atom is 0.344 e. The molecular formula is C20H18N2O6S. The number of ether oxygens (including phenoxy) is 2. The van der Waals surface area contributed by atoms with E-state index in [-0.39, 0.29) is 40.8 Å².